The molecule has 0 aromatic heterocycles. The zero-order valence-electron chi connectivity index (χ0n) is 29.7. The Hall–Kier alpha value is -4.28. The van der Waals surface area contributed by atoms with E-state index in [-0.39, 0.29) is 23.9 Å². The number of carbonyl (C=O) groups excluding carboxylic acids is 1. The molecule has 0 bridgehead atoms. The minimum Gasteiger partial charge on any atom is -0.497 e. The van der Waals surface area contributed by atoms with E-state index in [1.807, 2.05) is 85.8 Å². The molecule has 1 amide bonds. The Morgan fingerprint density at radius 3 is 2.29 bits per heavy atom. The molecule has 8 nitrogen and oxygen atoms in total. The lowest BCUT2D eigenvalue weighted by Gasteiger charge is -2.37. The van der Waals surface area contributed by atoms with Crippen LogP contribution >= 0.6 is 0 Å². The van der Waals surface area contributed by atoms with Crippen LogP contribution in [0.15, 0.2) is 103 Å². The van der Waals surface area contributed by atoms with Crippen LogP contribution in [-0.4, -0.2) is 49.0 Å². The first-order valence-electron chi connectivity index (χ1n) is 18.0. The van der Waals surface area contributed by atoms with Gasteiger partial charge in [-0.1, -0.05) is 66.7 Å². The molecule has 1 saturated carbocycles. The Balaban J connectivity index is 1.39. The normalized spacial score (nSPS) is 22.3. The number of hydrogen-bond donors (Lipinski definition) is 3. The summed E-state index contributed by atoms with van der Waals surface area (Å²) in [6, 6.07) is 30.7. The summed E-state index contributed by atoms with van der Waals surface area (Å²) in [6.07, 6.45) is 2.17. The van der Waals surface area contributed by atoms with Gasteiger partial charge in [0.1, 0.15) is 11.6 Å². The number of halogens is 1. The van der Waals surface area contributed by atoms with E-state index in [1.165, 1.54) is 12.1 Å². The van der Waals surface area contributed by atoms with E-state index < -0.39 is 29.7 Å². The molecule has 1 aliphatic heterocycles. The molecule has 2 fully saturated rings. The van der Waals surface area contributed by atoms with Crippen molar-refractivity contribution in [1.82, 2.24) is 4.90 Å². The zero-order valence-corrected chi connectivity index (χ0v) is 29.7. The van der Waals surface area contributed by atoms with E-state index in [2.05, 4.69) is 5.32 Å². The number of anilines is 1. The first-order chi connectivity index (χ1) is 24.7. The van der Waals surface area contributed by atoms with E-state index in [0.717, 1.165) is 47.2 Å². The molecule has 1 aliphatic carbocycles. The summed E-state index contributed by atoms with van der Waals surface area (Å²) in [7, 11) is 3.41. The molecule has 4 N–H and O–H groups in total. The molecule has 4 unspecified atom stereocenters. The quantitative estimate of drug-likeness (QED) is 0.117. The summed E-state index contributed by atoms with van der Waals surface area (Å²) in [4.78, 5) is 16.9. The van der Waals surface area contributed by atoms with Crippen molar-refractivity contribution in [3.05, 3.63) is 131 Å². The van der Waals surface area contributed by atoms with Crippen molar-refractivity contribution in [2.75, 3.05) is 26.1 Å². The van der Waals surface area contributed by atoms with E-state index >= 15 is 4.79 Å². The van der Waals surface area contributed by atoms with Gasteiger partial charge in [-0.25, -0.2) is 4.39 Å². The summed E-state index contributed by atoms with van der Waals surface area (Å²) < 4.78 is 32.2. The predicted octanol–water partition coefficient (Wildman–Crippen LogP) is 7.71. The number of nitrogens with one attached hydrogen (secondary N) is 1. The van der Waals surface area contributed by atoms with Gasteiger partial charge in [0.25, 0.3) is 0 Å². The third kappa shape index (κ3) is 8.28. The van der Waals surface area contributed by atoms with E-state index in [0.29, 0.717) is 31.7 Å². The van der Waals surface area contributed by atoms with Crippen LogP contribution in [0, 0.1) is 17.2 Å². The number of aliphatic hydroxyl groups excluding tert-OH is 1. The third-order valence-electron chi connectivity index (χ3n) is 10.7. The largest absolute Gasteiger partial charge is 0.497 e. The second kappa shape index (κ2) is 16.4. The number of benzene rings is 4. The summed E-state index contributed by atoms with van der Waals surface area (Å²) in [5.41, 5.74) is 9.36. The number of methoxy groups -OCH3 is 1. The van der Waals surface area contributed by atoms with Crippen LogP contribution in [0.1, 0.15) is 79.5 Å². The smallest absolute Gasteiger partial charge is 0.231 e. The Morgan fingerprint density at radius 1 is 0.980 bits per heavy atom. The van der Waals surface area contributed by atoms with Crippen molar-refractivity contribution < 1.29 is 28.5 Å². The first kappa shape index (κ1) is 36.5. The maximum Gasteiger partial charge on any atom is 0.231 e. The molecule has 9 heteroatoms. The highest BCUT2D eigenvalue weighted by atomic mass is 19.1. The molecular formula is C42H50FN3O5. The molecule has 1 saturated heterocycles. The van der Waals surface area contributed by atoms with Crippen molar-refractivity contribution >= 4 is 11.6 Å². The monoisotopic (exact) mass is 695 g/mol. The molecule has 4 aromatic carbocycles. The van der Waals surface area contributed by atoms with Crippen molar-refractivity contribution in [2.45, 2.75) is 76.2 Å². The average Bonchev–Trinajstić information content (AvgIpc) is 3.90. The molecule has 270 valence electrons. The molecule has 7 atom stereocenters. The number of aliphatic hydroxyl groups is 1. The lowest BCUT2D eigenvalue weighted by Crippen LogP contribution is -2.46. The second-order valence-corrected chi connectivity index (χ2v) is 13.9. The number of hydrogen-bond acceptors (Lipinski definition) is 7. The van der Waals surface area contributed by atoms with E-state index in [1.54, 1.807) is 31.2 Å². The summed E-state index contributed by atoms with van der Waals surface area (Å²) >= 11 is 0. The summed E-state index contributed by atoms with van der Waals surface area (Å²) in [5, 5.41) is 15.2. The van der Waals surface area contributed by atoms with Crippen LogP contribution in [0.5, 0.6) is 5.75 Å². The van der Waals surface area contributed by atoms with Gasteiger partial charge in [0.15, 0.2) is 6.29 Å². The van der Waals surface area contributed by atoms with Crippen molar-refractivity contribution in [1.29, 1.82) is 0 Å². The van der Waals surface area contributed by atoms with Crippen LogP contribution in [-0.2, 0) is 20.8 Å². The first-order valence-corrected chi connectivity index (χ1v) is 18.0. The van der Waals surface area contributed by atoms with Gasteiger partial charge in [0, 0.05) is 25.9 Å². The molecule has 0 radical (unpaired) electrons. The average molecular weight is 696 g/mol. The van der Waals surface area contributed by atoms with Crippen molar-refractivity contribution in [3.63, 3.8) is 0 Å². The van der Waals surface area contributed by atoms with Gasteiger partial charge < -0.3 is 35.3 Å². The van der Waals surface area contributed by atoms with Gasteiger partial charge in [-0.05, 0) is 104 Å². The fraction of sp³-hybridized carbons (Fsp3) is 0.405. The lowest BCUT2D eigenvalue weighted by molar-refractivity contribution is -0.192. The highest BCUT2D eigenvalue weighted by molar-refractivity contribution is 5.88. The van der Waals surface area contributed by atoms with Crippen molar-refractivity contribution in [3.8, 4) is 5.75 Å². The highest BCUT2D eigenvalue weighted by Crippen LogP contribution is 2.65. The van der Waals surface area contributed by atoms with Gasteiger partial charge in [-0.3, -0.25) is 4.79 Å². The van der Waals surface area contributed by atoms with Gasteiger partial charge in [0.05, 0.1) is 36.8 Å². The number of nitrogens with zero attached hydrogens (tertiary/aromatic N) is 1. The molecule has 1 heterocycles. The van der Waals surface area contributed by atoms with Crippen molar-refractivity contribution in [2.24, 2.45) is 17.1 Å². The number of nitrogens with two attached hydrogens (primary N) is 1. The maximum absolute atomic E-state index is 15.2. The fourth-order valence-corrected chi connectivity index (χ4v) is 7.45. The van der Waals surface area contributed by atoms with E-state index in [9.17, 15) is 9.50 Å². The SMILES string of the molecule is COc1ccc(C(Nc2ccc(CN)cc2)C2(C(=O)N(C)[C@@H](C)[C@@H](O)c3ccccc3)CC2C[C@H](OC2CCCCO2)c2ccc(F)cc2)cc1. The van der Waals surface area contributed by atoms with Crippen LogP contribution in [0.4, 0.5) is 10.1 Å². The number of amides is 1. The van der Waals surface area contributed by atoms with Crippen LogP contribution in [0.2, 0.25) is 0 Å². The van der Waals surface area contributed by atoms with Crippen LogP contribution < -0.4 is 15.8 Å². The zero-order chi connectivity index (χ0) is 36.0. The maximum atomic E-state index is 15.2. The Labute approximate surface area is 300 Å². The Morgan fingerprint density at radius 2 is 1.67 bits per heavy atom. The van der Waals surface area contributed by atoms with Gasteiger partial charge in [-0.15, -0.1) is 0 Å². The number of carbonyl (C=O) groups is 1. The van der Waals surface area contributed by atoms with Crippen LogP contribution in [0.3, 0.4) is 0 Å². The molecular weight excluding hydrogens is 645 g/mol. The summed E-state index contributed by atoms with van der Waals surface area (Å²) in [6.45, 7) is 2.94. The molecule has 4 aromatic rings. The number of ether oxygens (including phenoxy) is 3. The molecule has 0 spiro atoms. The highest BCUT2D eigenvalue weighted by Gasteiger charge is 2.66. The minimum absolute atomic E-state index is 0.0753. The van der Waals surface area contributed by atoms with E-state index in [4.69, 9.17) is 19.9 Å². The van der Waals surface area contributed by atoms with Gasteiger partial charge >= 0.3 is 0 Å². The van der Waals surface area contributed by atoms with Crippen LogP contribution in [0.25, 0.3) is 0 Å². The minimum atomic E-state index is -0.921. The molecule has 6 rings (SSSR count). The molecule has 51 heavy (non-hydrogen) atoms. The standard InChI is InChI=1S/C42H50FN3O5/c1-28(39(47)31-9-5-4-6-10-31)46(2)41(48)42(40(32-16-22-36(49-3)23-17-32)45-35-20-12-29(27-44)13-21-35)26-33(42)25-37(30-14-18-34(43)19-15-30)51-38-11-7-8-24-50-38/h4-6,9-10,12-23,28,33,37-40,45,47H,7-8,11,24-27,44H2,1-3H3/t28-,33?,37-,38?,39+,40?,42?/m0/s1. The van der Waals surface area contributed by atoms with Gasteiger partial charge in [-0.2, -0.15) is 0 Å². The Kier molecular flexibility index (Phi) is 11.7. The predicted molar refractivity (Wildman–Crippen MR) is 196 cm³/mol. The van der Waals surface area contributed by atoms with Gasteiger partial charge in [0.2, 0.25) is 5.91 Å². The lowest BCUT2D eigenvalue weighted by atomic mass is 9.83. The number of likely N-dealkylation sites (N-methyl/N-ethyl adjacent to an activating group) is 1. The number of rotatable bonds is 15. The topological polar surface area (TPSA) is 106 Å². The summed E-state index contributed by atoms with van der Waals surface area (Å²) in [5.74, 6) is 0.189. The third-order valence-corrected chi connectivity index (χ3v) is 10.7. The second-order valence-electron chi connectivity index (χ2n) is 13.9. The fourth-order valence-electron chi connectivity index (χ4n) is 7.45. The Bertz CT molecular complexity index is 1700. The molecule has 2 aliphatic rings.